The van der Waals surface area contributed by atoms with E-state index in [1.54, 1.807) is 0 Å². The Morgan fingerprint density at radius 3 is 1.53 bits per heavy atom. The summed E-state index contributed by atoms with van der Waals surface area (Å²) in [6, 6.07) is 37.7. The zero-order chi connectivity index (χ0) is 20.7. The molecule has 0 nitrogen and oxygen atoms in total. The summed E-state index contributed by atoms with van der Waals surface area (Å²) >= 11 is 1.98. The van der Waals surface area contributed by atoms with Crippen LogP contribution in [-0.4, -0.2) is 0 Å². The van der Waals surface area contributed by atoms with E-state index in [1.165, 1.54) is 58.5 Å². The molecule has 4 aromatic rings. The summed E-state index contributed by atoms with van der Waals surface area (Å²) in [4.78, 5) is 2.89. The maximum Gasteiger partial charge on any atom is 0.0794 e. The average Bonchev–Trinajstić information content (AvgIpc) is 3.29. The first kappa shape index (κ1) is 20.6. The highest BCUT2D eigenvalue weighted by Gasteiger charge is 2.39. The summed E-state index contributed by atoms with van der Waals surface area (Å²) < 4.78 is 0. The number of thiophene rings is 1. The Morgan fingerprint density at radius 2 is 1.07 bits per heavy atom. The Morgan fingerprint density at radius 1 is 0.567 bits per heavy atom. The molecule has 0 aliphatic carbocycles. The van der Waals surface area contributed by atoms with Crippen LogP contribution in [-0.2, 0) is 11.8 Å². The van der Waals surface area contributed by atoms with Crippen molar-refractivity contribution in [2.45, 2.75) is 44.4 Å². The van der Waals surface area contributed by atoms with Gasteiger partial charge in [-0.3, -0.25) is 0 Å². The SMILES string of the molecule is CCCCCCc1ccc(C(c2ccccc2)(c2ccccc2)c2ccccc2)s1. The highest BCUT2D eigenvalue weighted by molar-refractivity contribution is 7.12. The first-order valence-corrected chi connectivity index (χ1v) is 11.9. The fraction of sp³-hybridized carbons (Fsp3) is 0.241. The van der Waals surface area contributed by atoms with Gasteiger partial charge in [0.25, 0.3) is 0 Å². The first-order chi connectivity index (χ1) is 14.9. The van der Waals surface area contributed by atoms with Crippen LogP contribution in [0.4, 0.5) is 0 Å². The molecule has 0 atom stereocenters. The summed E-state index contributed by atoms with van der Waals surface area (Å²) in [6.45, 7) is 2.27. The van der Waals surface area contributed by atoms with Gasteiger partial charge in [-0.05, 0) is 41.7 Å². The predicted octanol–water partition coefficient (Wildman–Crippen LogP) is 8.25. The fourth-order valence-corrected chi connectivity index (χ4v) is 5.74. The van der Waals surface area contributed by atoms with Gasteiger partial charge in [0.15, 0.2) is 0 Å². The molecular weight excluding hydrogens is 380 g/mol. The van der Waals surface area contributed by atoms with E-state index >= 15 is 0 Å². The Kier molecular flexibility index (Phi) is 6.81. The van der Waals surface area contributed by atoms with Crippen LogP contribution in [0.1, 0.15) is 59.1 Å². The van der Waals surface area contributed by atoms with Crippen molar-refractivity contribution in [3.63, 3.8) is 0 Å². The van der Waals surface area contributed by atoms with Crippen LogP contribution in [0.5, 0.6) is 0 Å². The van der Waals surface area contributed by atoms with Crippen LogP contribution in [0, 0.1) is 0 Å². The largest absolute Gasteiger partial charge is 0.144 e. The lowest BCUT2D eigenvalue weighted by Crippen LogP contribution is -2.29. The normalized spacial score (nSPS) is 11.5. The topological polar surface area (TPSA) is 0 Å². The monoisotopic (exact) mass is 410 g/mol. The van der Waals surface area contributed by atoms with Crippen LogP contribution >= 0.6 is 11.3 Å². The van der Waals surface area contributed by atoms with E-state index in [0.29, 0.717) is 0 Å². The summed E-state index contributed by atoms with van der Waals surface area (Å²) in [5.74, 6) is 0. The molecule has 0 bridgehead atoms. The van der Waals surface area contributed by atoms with Gasteiger partial charge in [0.05, 0.1) is 5.41 Å². The molecule has 0 N–H and O–H groups in total. The number of aryl methyl sites for hydroxylation is 1. The zero-order valence-corrected chi connectivity index (χ0v) is 18.6. The van der Waals surface area contributed by atoms with Crippen LogP contribution in [0.25, 0.3) is 0 Å². The van der Waals surface area contributed by atoms with Crippen LogP contribution in [0.2, 0.25) is 0 Å². The van der Waals surface area contributed by atoms with E-state index in [2.05, 4.69) is 110 Å². The molecule has 4 rings (SSSR count). The average molecular weight is 411 g/mol. The van der Waals surface area contributed by atoms with Gasteiger partial charge >= 0.3 is 0 Å². The maximum absolute atomic E-state index is 2.37. The standard InChI is InChI=1S/C29H30S/c1-2-3-4-14-21-27-22-23-28(30-27)29(24-15-8-5-9-16-24,25-17-10-6-11-18-25)26-19-12-7-13-20-26/h5-13,15-20,22-23H,2-4,14,21H2,1H3. The zero-order valence-electron chi connectivity index (χ0n) is 17.8. The first-order valence-electron chi connectivity index (χ1n) is 11.1. The lowest BCUT2D eigenvalue weighted by molar-refractivity contribution is 0.670. The molecule has 0 spiro atoms. The third kappa shape index (κ3) is 4.13. The molecule has 0 aliphatic rings. The molecule has 0 amide bonds. The Bertz CT molecular complexity index is 919. The second kappa shape index (κ2) is 9.91. The summed E-state index contributed by atoms with van der Waals surface area (Å²) in [5, 5.41) is 0. The summed E-state index contributed by atoms with van der Waals surface area (Å²) in [5.41, 5.74) is 3.67. The van der Waals surface area contributed by atoms with E-state index in [1.807, 2.05) is 11.3 Å². The van der Waals surface area contributed by atoms with Crippen LogP contribution in [0.15, 0.2) is 103 Å². The van der Waals surface area contributed by atoms with Gasteiger partial charge in [-0.25, -0.2) is 0 Å². The lowest BCUT2D eigenvalue weighted by Gasteiger charge is -2.35. The molecule has 0 aliphatic heterocycles. The molecule has 30 heavy (non-hydrogen) atoms. The van der Waals surface area contributed by atoms with Crippen molar-refractivity contribution in [3.05, 3.63) is 130 Å². The van der Waals surface area contributed by atoms with Gasteiger partial charge in [-0.1, -0.05) is 117 Å². The Labute approximate surface area is 185 Å². The van der Waals surface area contributed by atoms with Crippen molar-refractivity contribution >= 4 is 11.3 Å². The van der Waals surface area contributed by atoms with Crippen LogP contribution in [0.3, 0.4) is 0 Å². The van der Waals surface area contributed by atoms with Crippen LogP contribution < -0.4 is 0 Å². The van der Waals surface area contributed by atoms with Gasteiger partial charge in [0.2, 0.25) is 0 Å². The molecular formula is C29H30S. The fourth-order valence-electron chi connectivity index (χ4n) is 4.43. The number of unbranched alkanes of at least 4 members (excludes halogenated alkanes) is 3. The van der Waals surface area contributed by atoms with Crippen molar-refractivity contribution in [2.24, 2.45) is 0 Å². The molecule has 3 aromatic carbocycles. The van der Waals surface area contributed by atoms with Crippen molar-refractivity contribution in [1.29, 1.82) is 0 Å². The highest BCUT2D eigenvalue weighted by atomic mass is 32.1. The second-order valence-corrected chi connectivity index (χ2v) is 9.09. The molecule has 0 saturated heterocycles. The van der Waals surface area contributed by atoms with Gasteiger partial charge < -0.3 is 0 Å². The molecule has 152 valence electrons. The second-order valence-electron chi connectivity index (χ2n) is 7.92. The third-order valence-corrected chi connectivity index (χ3v) is 7.19. The number of hydrogen-bond acceptors (Lipinski definition) is 1. The van der Waals surface area contributed by atoms with E-state index < -0.39 is 0 Å². The minimum atomic E-state index is -0.296. The van der Waals surface area contributed by atoms with Crippen molar-refractivity contribution in [2.75, 3.05) is 0 Å². The minimum Gasteiger partial charge on any atom is -0.144 e. The van der Waals surface area contributed by atoms with Gasteiger partial charge in [0.1, 0.15) is 0 Å². The van der Waals surface area contributed by atoms with Gasteiger partial charge in [-0.2, -0.15) is 0 Å². The van der Waals surface area contributed by atoms with E-state index in [0.717, 1.165) is 0 Å². The molecule has 0 radical (unpaired) electrons. The van der Waals surface area contributed by atoms with E-state index in [4.69, 9.17) is 0 Å². The van der Waals surface area contributed by atoms with Crippen molar-refractivity contribution in [3.8, 4) is 0 Å². The molecule has 1 aromatic heterocycles. The van der Waals surface area contributed by atoms with Crippen molar-refractivity contribution in [1.82, 2.24) is 0 Å². The molecule has 0 fully saturated rings. The minimum absolute atomic E-state index is 0.296. The van der Waals surface area contributed by atoms with E-state index in [9.17, 15) is 0 Å². The predicted molar refractivity (Wildman–Crippen MR) is 130 cm³/mol. The maximum atomic E-state index is 2.37. The Balaban J connectivity index is 1.87. The van der Waals surface area contributed by atoms with Gasteiger partial charge in [-0.15, -0.1) is 11.3 Å². The quantitative estimate of drug-likeness (QED) is 0.192. The molecule has 1 heterocycles. The lowest BCUT2D eigenvalue weighted by atomic mass is 9.68. The number of hydrogen-bond donors (Lipinski definition) is 0. The summed E-state index contributed by atoms with van der Waals surface area (Å²) in [6.07, 6.45) is 6.40. The van der Waals surface area contributed by atoms with Crippen molar-refractivity contribution < 1.29 is 0 Å². The smallest absolute Gasteiger partial charge is 0.0794 e. The molecule has 1 heteroatoms. The van der Waals surface area contributed by atoms with E-state index in [-0.39, 0.29) is 5.41 Å². The summed E-state index contributed by atoms with van der Waals surface area (Å²) in [7, 11) is 0. The molecule has 0 unspecified atom stereocenters. The van der Waals surface area contributed by atoms with Gasteiger partial charge in [0, 0.05) is 9.75 Å². The Hall–Kier alpha value is -2.64. The third-order valence-electron chi connectivity index (χ3n) is 5.93. The number of rotatable bonds is 9. The highest BCUT2D eigenvalue weighted by Crippen LogP contribution is 2.47. The molecule has 0 saturated carbocycles. The number of benzene rings is 3.